The smallest absolute Gasteiger partial charge is 0.324 e. The molecule has 0 bridgehead atoms. The topological polar surface area (TPSA) is 26.0 Å². The Balaban J connectivity index is 0.00000256. The molecule has 0 aliphatic rings. The first-order valence-corrected chi connectivity index (χ1v) is 4.59. The number of benzene rings is 1. The second-order valence-electron chi connectivity index (χ2n) is 3.36. The average molecular weight is 270 g/mol. The molecule has 1 aromatic rings. The van der Waals surface area contributed by atoms with Crippen LogP contribution in [0.25, 0.3) is 0 Å². The van der Waals surface area contributed by atoms with Gasteiger partial charge in [0.1, 0.15) is 5.82 Å². The first-order valence-electron chi connectivity index (χ1n) is 4.59. The summed E-state index contributed by atoms with van der Waals surface area (Å²) in [5.41, 5.74) is 4.62. The highest BCUT2D eigenvalue weighted by molar-refractivity contribution is 5.85. The van der Waals surface area contributed by atoms with E-state index < -0.39 is 23.6 Å². The molecule has 17 heavy (non-hydrogen) atoms. The molecule has 0 heterocycles. The predicted octanol–water partition coefficient (Wildman–Crippen LogP) is 3.84. The summed E-state index contributed by atoms with van der Waals surface area (Å²) in [6, 6.07) is 1.67. The summed E-state index contributed by atoms with van der Waals surface area (Å²) in [4.78, 5) is 0. The van der Waals surface area contributed by atoms with Crippen LogP contribution in [0.5, 0.6) is 0 Å². The molecule has 0 unspecified atom stereocenters. The van der Waals surface area contributed by atoms with Gasteiger partial charge in [0.2, 0.25) is 0 Å². The number of nitrogens with two attached hydrogens (primary N) is 1. The van der Waals surface area contributed by atoms with E-state index in [1.807, 2.05) is 0 Å². The molecule has 1 atom stereocenters. The van der Waals surface area contributed by atoms with Crippen molar-refractivity contribution in [2.75, 3.05) is 0 Å². The zero-order chi connectivity index (χ0) is 12.3. The van der Waals surface area contributed by atoms with E-state index in [9.17, 15) is 17.6 Å². The molecule has 6 heteroatoms. The highest BCUT2D eigenvalue weighted by Gasteiger charge is 2.31. The lowest BCUT2D eigenvalue weighted by Gasteiger charge is -2.13. The van der Waals surface area contributed by atoms with Crippen molar-refractivity contribution in [2.24, 2.45) is 5.73 Å². The molecular formula is C11H12ClF4N. The molecular weight excluding hydrogens is 258 g/mol. The Labute approximate surface area is 103 Å². The fourth-order valence-corrected chi connectivity index (χ4v) is 1.31. The highest BCUT2D eigenvalue weighted by atomic mass is 35.5. The predicted molar refractivity (Wildman–Crippen MR) is 60.4 cm³/mol. The largest absolute Gasteiger partial charge is 0.416 e. The van der Waals surface area contributed by atoms with Gasteiger partial charge in [0.15, 0.2) is 0 Å². The van der Waals surface area contributed by atoms with Crippen LogP contribution >= 0.6 is 12.4 Å². The van der Waals surface area contributed by atoms with Gasteiger partial charge in [0.25, 0.3) is 0 Å². The molecule has 1 rings (SSSR count). The van der Waals surface area contributed by atoms with Crippen LogP contribution in [0.15, 0.2) is 30.9 Å². The summed E-state index contributed by atoms with van der Waals surface area (Å²) >= 11 is 0. The normalized spacial score (nSPS) is 12.8. The maximum Gasteiger partial charge on any atom is 0.416 e. The lowest BCUT2D eigenvalue weighted by Crippen LogP contribution is -2.13. The number of alkyl halides is 3. The third-order valence-corrected chi connectivity index (χ3v) is 2.15. The fourth-order valence-electron chi connectivity index (χ4n) is 1.31. The molecule has 0 saturated carbocycles. The Bertz CT molecular complexity index is 390. The first-order chi connectivity index (χ1) is 7.36. The second-order valence-corrected chi connectivity index (χ2v) is 3.36. The Kier molecular flexibility index (Phi) is 5.64. The molecule has 0 aliphatic carbocycles. The quantitative estimate of drug-likeness (QED) is 0.655. The lowest BCUT2D eigenvalue weighted by molar-refractivity contribution is -0.137. The van der Waals surface area contributed by atoms with E-state index in [2.05, 4.69) is 6.58 Å². The molecule has 1 aromatic carbocycles. The summed E-state index contributed by atoms with van der Waals surface area (Å²) in [6.07, 6.45) is -2.74. The molecule has 1 nitrogen and oxygen atoms in total. The Hall–Kier alpha value is -1.07. The van der Waals surface area contributed by atoms with Gasteiger partial charge in [-0.25, -0.2) is 4.39 Å². The second kappa shape index (κ2) is 6.02. The standard InChI is InChI=1S/C11H11F4N.ClH/c1-2-3-10(16)8-5-4-7(6-9(8)12)11(13,14)15;/h2,4-6,10H,1,3,16H2;1H/t10-;/m1./s1. The maximum absolute atomic E-state index is 13.3. The van der Waals surface area contributed by atoms with Gasteiger partial charge in [-0.2, -0.15) is 13.2 Å². The Morgan fingerprint density at radius 2 is 1.94 bits per heavy atom. The van der Waals surface area contributed by atoms with Crippen LogP contribution in [0.1, 0.15) is 23.6 Å². The van der Waals surface area contributed by atoms with Crippen molar-refractivity contribution in [3.8, 4) is 0 Å². The van der Waals surface area contributed by atoms with E-state index in [1.165, 1.54) is 6.08 Å². The third-order valence-electron chi connectivity index (χ3n) is 2.15. The molecule has 96 valence electrons. The van der Waals surface area contributed by atoms with E-state index in [1.54, 1.807) is 0 Å². The molecule has 0 amide bonds. The van der Waals surface area contributed by atoms with Gasteiger partial charge in [-0.1, -0.05) is 12.1 Å². The van der Waals surface area contributed by atoms with Crippen LogP contribution in [0.2, 0.25) is 0 Å². The Morgan fingerprint density at radius 1 is 1.35 bits per heavy atom. The van der Waals surface area contributed by atoms with Crippen LogP contribution in [0, 0.1) is 5.82 Å². The molecule has 0 aliphatic heterocycles. The molecule has 0 aromatic heterocycles. The van der Waals surface area contributed by atoms with Crippen molar-refractivity contribution in [3.05, 3.63) is 47.8 Å². The summed E-state index contributed by atoms with van der Waals surface area (Å²) in [7, 11) is 0. The van der Waals surface area contributed by atoms with Gasteiger partial charge in [-0.3, -0.25) is 0 Å². The van der Waals surface area contributed by atoms with Crippen molar-refractivity contribution in [1.29, 1.82) is 0 Å². The number of rotatable bonds is 3. The Morgan fingerprint density at radius 3 is 2.35 bits per heavy atom. The van der Waals surface area contributed by atoms with Gasteiger partial charge in [0, 0.05) is 11.6 Å². The van der Waals surface area contributed by atoms with Crippen molar-refractivity contribution >= 4 is 12.4 Å². The molecule has 2 N–H and O–H groups in total. The van der Waals surface area contributed by atoms with E-state index in [-0.39, 0.29) is 18.0 Å². The van der Waals surface area contributed by atoms with Gasteiger partial charge in [-0.15, -0.1) is 19.0 Å². The van der Waals surface area contributed by atoms with Crippen LogP contribution in [-0.2, 0) is 6.18 Å². The van der Waals surface area contributed by atoms with Crippen molar-refractivity contribution < 1.29 is 17.6 Å². The van der Waals surface area contributed by atoms with Crippen LogP contribution < -0.4 is 5.73 Å². The zero-order valence-electron chi connectivity index (χ0n) is 8.80. The number of halogens is 5. The number of hydrogen-bond acceptors (Lipinski definition) is 1. The maximum atomic E-state index is 13.3. The minimum atomic E-state index is -4.54. The summed E-state index contributed by atoms with van der Waals surface area (Å²) in [5.74, 6) is -0.941. The van der Waals surface area contributed by atoms with Crippen molar-refractivity contribution in [2.45, 2.75) is 18.6 Å². The van der Waals surface area contributed by atoms with Crippen LogP contribution in [-0.4, -0.2) is 0 Å². The van der Waals surface area contributed by atoms with E-state index in [0.717, 1.165) is 12.1 Å². The van der Waals surface area contributed by atoms with Gasteiger partial charge in [-0.05, 0) is 18.6 Å². The number of hydrogen-bond donors (Lipinski definition) is 1. The van der Waals surface area contributed by atoms with Crippen LogP contribution in [0.4, 0.5) is 17.6 Å². The van der Waals surface area contributed by atoms with E-state index in [0.29, 0.717) is 12.5 Å². The van der Waals surface area contributed by atoms with Crippen LogP contribution in [0.3, 0.4) is 0 Å². The molecule has 0 saturated heterocycles. The van der Waals surface area contributed by atoms with Gasteiger partial charge < -0.3 is 5.73 Å². The minimum absolute atomic E-state index is 0. The molecule has 0 fully saturated rings. The van der Waals surface area contributed by atoms with E-state index in [4.69, 9.17) is 5.73 Å². The zero-order valence-corrected chi connectivity index (χ0v) is 9.61. The third kappa shape index (κ3) is 4.02. The monoisotopic (exact) mass is 269 g/mol. The fraction of sp³-hybridized carbons (Fsp3) is 0.273. The van der Waals surface area contributed by atoms with E-state index >= 15 is 0 Å². The molecule has 0 radical (unpaired) electrons. The first kappa shape index (κ1) is 15.9. The minimum Gasteiger partial charge on any atom is -0.324 e. The van der Waals surface area contributed by atoms with Gasteiger partial charge in [0.05, 0.1) is 5.56 Å². The van der Waals surface area contributed by atoms with Crippen molar-refractivity contribution in [1.82, 2.24) is 0 Å². The lowest BCUT2D eigenvalue weighted by atomic mass is 10.0. The SMILES string of the molecule is C=CC[C@@H](N)c1ccc(C(F)(F)F)cc1F.Cl. The van der Waals surface area contributed by atoms with Crippen molar-refractivity contribution in [3.63, 3.8) is 0 Å². The summed E-state index contributed by atoms with van der Waals surface area (Å²) < 4.78 is 50.0. The summed E-state index contributed by atoms with van der Waals surface area (Å²) in [5, 5.41) is 0. The average Bonchev–Trinajstić information content (AvgIpc) is 2.16. The van der Waals surface area contributed by atoms with Gasteiger partial charge >= 0.3 is 6.18 Å². The summed E-state index contributed by atoms with van der Waals surface area (Å²) in [6.45, 7) is 3.43. The molecule has 0 spiro atoms. The highest BCUT2D eigenvalue weighted by Crippen LogP contribution is 2.31.